The van der Waals surface area contributed by atoms with Gasteiger partial charge >= 0.3 is 0 Å². The molecule has 0 heterocycles. The molecule has 0 radical (unpaired) electrons. The maximum atomic E-state index is 13.3. The number of halogens is 1. The van der Waals surface area contributed by atoms with Gasteiger partial charge in [0, 0.05) is 24.8 Å². The number of hydrogen-bond donors (Lipinski definition) is 1. The van der Waals surface area contributed by atoms with Crippen LogP contribution >= 0.6 is 12.2 Å². The molecule has 0 aliphatic carbocycles. The van der Waals surface area contributed by atoms with Crippen LogP contribution in [0.2, 0.25) is 0 Å². The predicted molar refractivity (Wildman–Crippen MR) is 85.6 cm³/mol. The van der Waals surface area contributed by atoms with E-state index in [0.29, 0.717) is 12.1 Å². The van der Waals surface area contributed by atoms with Crippen LogP contribution < -0.4 is 10.6 Å². The minimum atomic E-state index is -0.333. The first kappa shape index (κ1) is 14.5. The zero-order valence-electron chi connectivity index (χ0n) is 11.6. The summed E-state index contributed by atoms with van der Waals surface area (Å²) in [5.41, 5.74) is 9.47. The Hall–Kier alpha value is -1.94. The molecule has 0 atom stereocenters. The van der Waals surface area contributed by atoms with Crippen molar-refractivity contribution in [1.82, 2.24) is 0 Å². The van der Waals surface area contributed by atoms with E-state index in [2.05, 4.69) is 31.2 Å². The van der Waals surface area contributed by atoms with Gasteiger partial charge in [0.1, 0.15) is 10.8 Å². The van der Waals surface area contributed by atoms with E-state index >= 15 is 0 Å². The van der Waals surface area contributed by atoms with Crippen LogP contribution in [0.4, 0.5) is 10.1 Å². The van der Waals surface area contributed by atoms with Crippen molar-refractivity contribution < 1.29 is 4.39 Å². The first-order chi connectivity index (χ1) is 9.47. The highest BCUT2D eigenvalue weighted by molar-refractivity contribution is 7.80. The van der Waals surface area contributed by atoms with Crippen LogP contribution in [0.3, 0.4) is 0 Å². The average Bonchev–Trinajstić information content (AvgIpc) is 2.41. The Labute approximate surface area is 124 Å². The molecule has 4 heteroatoms. The lowest BCUT2D eigenvalue weighted by Gasteiger charge is -2.22. The van der Waals surface area contributed by atoms with Gasteiger partial charge in [-0.3, -0.25) is 0 Å². The van der Waals surface area contributed by atoms with Gasteiger partial charge in [0.2, 0.25) is 0 Å². The summed E-state index contributed by atoms with van der Waals surface area (Å²) in [6.45, 7) is 2.76. The SMILES string of the molecule is Cc1ccc(CN(C)c2ccc(F)cc2C(N)=S)cc1. The summed E-state index contributed by atoms with van der Waals surface area (Å²) >= 11 is 4.99. The van der Waals surface area contributed by atoms with E-state index in [0.717, 1.165) is 5.69 Å². The third kappa shape index (κ3) is 3.33. The van der Waals surface area contributed by atoms with Crippen LogP contribution in [-0.4, -0.2) is 12.0 Å². The Balaban J connectivity index is 2.27. The predicted octanol–water partition coefficient (Wildman–Crippen LogP) is 3.40. The van der Waals surface area contributed by atoms with Gasteiger partial charge in [-0.2, -0.15) is 0 Å². The summed E-state index contributed by atoms with van der Waals surface area (Å²) in [5, 5.41) is 0. The molecular formula is C16H17FN2S. The highest BCUT2D eigenvalue weighted by Crippen LogP contribution is 2.22. The van der Waals surface area contributed by atoms with E-state index in [1.807, 2.05) is 11.9 Å². The number of nitrogens with zero attached hydrogens (tertiary/aromatic N) is 1. The first-order valence-corrected chi connectivity index (χ1v) is 6.74. The van der Waals surface area contributed by atoms with Crippen molar-refractivity contribution in [2.24, 2.45) is 5.73 Å². The molecule has 2 rings (SSSR count). The number of thiocarbonyl (C=S) groups is 1. The molecule has 0 saturated carbocycles. The molecule has 0 fully saturated rings. The summed E-state index contributed by atoms with van der Waals surface area (Å²) in [6.07, 6.45) is 0. The second-order valence-electron chi connectivity index (χ2n) is 4.87. The molecule has 2 aromatic rings. The maximum absolute atomic E-state index is 13.3. The lowest BCUT2D eigenvalue weighted by molar-refractivity contribution is 0.627. The highest BCUT2D eigenvalue weighted by Gasteiger charge is 2.11. The molecule has 0 unspecified atom stereocenters. The Morgan fingerprint density at radius 2 is 1.85 bits per heavy atom. The molecule has 0 spiro atoms. The van der Waals surface area contributed by atoms with E-state index in [4.69, 9.17) is 18.0 Å². The summed E-state index contributed by atoms with van der Waals surface area (Å²) in [6, 6.07) is 12.8. The smallest absolute Gasteiger partial charge is 0.124 e. The van der Waals surface area contributed by atoms with Gasteiger partial charge in [-0.15, -0.1) is 0 Å². The number of rotatable bonds is 4. The summed E-state index contributed by atoms with van der Waals surface area (Å²) in [7, 11) is 1.94. The monoisotopic (exact) mass is 288 g/mol. The van der Waals surface area contributed by atoms with Crippen LogP contribution in [0.25, 0.3) is 0 Å². The minimum Gasteiger partial charge on any atom is -0.389 e. The molecule has 0 aliphatic heterocycles. The molecule has 0 amide bonds. The van der Waals surface area contributed by atoms with E-state index in [9.17, 15) is 4.39 Å². The van der Waals surface area contributed by atoms with Crippen molar-refractivity contribution in [1.29, 1.82) is 0 Å². The van der Waals surface area contributed by atoms with E-state index in [1.165, 1.54) is 23.3 Å². The number of nitrogens with two attached hydrogens (primary N) is 1. The topological polar surface area (TPSA) is 29.3 Å². The van der Waals surface area contributed by atoms with Crippen molar-refractivity contribution in [3.05, 3.63) is 65.0 Å². The molecule has 0 bridgehead atoms. The number of aryl methyl sites for hydroxylation is 1. The normalized spacial score (nSPS) is 10.3. The number of benzene rings is 2. The summed E-state index contributed by atoms with van der Waals surface area (Å²) in [4.78, 5) is 2.22. The molecule has 0 aliphatic rings. The molecule has 20 heavy (non-hydrogen) atoms. The molecular weight excluding hydrogens is 271 g/mol. The van der Waals surface area contributed by atoms with Gasteiger partial charge in [0.25, 0.3) is 0 Å². The van der Waals surface area contributed by atoms with Crippen LogP contribution in [0.15, 0.2) is 42.5 Å². The van der Waals surface area contributed by atoms with Crippen molar-refractivity contribution >= 4 is 22.9 Å². The third-order valence-electron chi connectivity index (χ3n) is 3.18. The zero-order valence-corrected chi connectivity index (χ0v) is 12.4. The van der Waals surface area contributed by atoms with Crippen LogP contribution in [-0.2, 0) is 6.54 Å². The zero-order chi connectivity index (χ0) is 14.7. The van der Waals surface area contributed by atoms with Crippen molar-refractivity contribution in [2.75, 3.05) is 11.9 Å². The summed E-state index contributed by atoms with van der Waals surface area (Å²) in [5.74, 6) is -0.333. The second kappa shape index (κ2) is 6.01. The fraction of sp³-hybridized carbons (Fsp3) is 0.188. The van der Waals surface area contributed by atoms with Crippen molar-refractivity contribution in [3.63, 3.8) is 0 Å². The third-order valence-corrected chi connectivity index (χ3v) is 3.40. The van der Waals surface area contributed by atoms with Gasteiger partial charge in [-0.25, -0.2) is 4.39 Å². The van der Waals surface area contributed by atoms with Crippen LogP contribution in [0.5, 0.6) is 0 Å². The minimum absolute atomic E-state index is 0.204. The van der Waals surface area contributed by atoms with Gasteiger partial charge in [-0.05, 0) is 30.7 Å². The van der Waals surface area contributed by atoms with Gasteiger partial charge in [-0.1, -0.05) is 42.0 Å². The largest absolute Gasteiger partial charge is 0.389 e. The van der Waals surface area contributed by atoms with Crippen molar-refractivity contribution in [2.45, 2.75) is 13.5 Å². The molecule has 2 nitrogen and oxygen atoms in total. The molecule has 2 aromatic carbocycles. The standard InChI is InChI=1S/C16H17FN2S/c1-11-3-5-12(6-4-11)10-19(2)15-8-7-13(17)9-14(15)16(18)20/h3-9H,10H2,1-2H3,(H2,18,20). The van der Waals surface area contributed by atoms with Crippen molar-refractivity contribution in [3.8, 4) is 0 Å². The molecule has 2 N–H and O–H groups in total. The van der Waals surface area contributed by atoms with Crippen LogP contribution in [0, 0.1) is 12.7 Å². The number of hydrogen-bond acceptors (Lipinski definition) is 2. The lowest BCUT2D eigenvalue weighted by Crippen LogP contribution is -2.21. The Kier molecular flexibility index (Phi) is 4.35. The molecule has 0 saturated heterocycles. The molecule has 104 valence electrons. The quantitative estimate of drug-likeness (QED) is 0.874. The van der Waals surface area contributed by atoms with E-state index < -0.39 is 0 Å². The maximum Gasteiger partial charge on any atom is 0.124 e. The lowest BCUT2D eigenvalue weighted by atomic mass is 10.1. The van der Waals surface area contributed by atoms with Gasteiger partial charge in [0.05, 0.1) is 0 Å². The Morgan fingerprint density at radius 1 is 1.20 bits per heavy atom. The van der Waals surface area contributed by atoms with E-state index in [1.54, 1.807) is 6.07 Å². The van der Waals surface area contributed by atoms with Gasteiger partial charge < -0.3 is 10.6 Å². The fourth-order valence-electron chi connectivity index (χ4n) is 2.09. The molecule has 0 aromatic heterocycles. The average molecular weight is 288 g/mol. The highest BCUT2D eigenvalue weighted by atomic mass is 32.1. The van der Waals surface area contributed by atoms with E-state index in [-0.39, 0.29) is 10.8 Å². The Bertz CT molecular complexity index is 623. The number of anilines is 1. The second-order valence-corrected chi connectivity index (χ2v) is 5.31. The Morgan fingerprint density at radius 3 is 2.45 bits per heavy atom. The van der Waals surface area contributed by atoms with Crippen LogP contribution in [0.1, 0.15) is 16.7 Å². The summed E-state index contributed by atoms with van der Waals surface area (Å²) < 4.78 is 13.3. The van der Waals surface area contributed by atoms with Gasteiger partial charge in [0.15, 0.2) is 0 Å². The fourth-order valence-corrected chi connectivity index (χ4v) is 2.25. The first-order valence-electron chi connectivity index (χ1n) is 6.33.